The fourth-order valence-electron chi connectivity index (χ4n) is 3.92. The molecule has 3 aromatic carbocycles. The highest BCUT2D eigenvalue weighted by Gasteiger charge is 2.11. The first kappa shape index (κ1) is 22.6. The van der Waals surface area contributed by atoms with Crippen molar-refractivity contribution >= 4 is 16.9 Å². The molecule has 0 unspecified atom stereocenters. The van der Waals surface area contributed by atoms with E-state index in [0.29, 0.717) is 19.6 Å². The second-order valence-corrected chi connectivity index (χ2v) is 8.27. The Kier molecular flexibility index (Phi) is 7.75. The molecular formula is C28H31N3O2. The number of nitrogens with one attached hydrogen (secondary N) is 1. The van der Waals surface area contributed by atoms with Crippen LogP contribution in [0, 0.1) is 6.92 Å². The van der Waals surface area contributed by atoms with Gasteiger partial charge in [-0.05, 0) is 49.6 Å². The molecular weight excluding hydrogens is 410 g/mol. The molecule has 0 aliphatic rings. The van der Waals surface area contributed by atoms with Gasteiger partial charge in [0.1, 0.15) is 18.2 Å². The number of para-hydroxylation sites is 2. The van der Waals surface area contributed by atoms with Crippen molar-refractivity contribution in [2.45, 2.75) is 39.2 Å². The summed E-state index contributed by atoms with van der Waals surface area (Å²) in [5.41, 5.74) is 4.52. The Morgan fingerprint density at radius 2 is 1.70 bits per heavy atom. The fourth-order valence-corrected chi connectivity index (χ4v) is 3.92. The summed E-state index contributed by atoms with van der Waals surface area (Å²) in [5.74, 6) is 2.01. The molecule has 0 aliphatic carbocycles. The van der Waals surface area contributed by atoms with Crippen LogP contribution in [0.1, 0.15) is 29.8 Å². The number of aryl methyl sites for hydroxylation is 3. The molecule has 5 nitrogen and oxygen atoms in total. The lowest BCUT2D eigenvalue weighted by atomic mass is 10.1. The molecule has 0 fully saturated rings. The molecule has 0 spiro atoms. The summed E-state index contributed by atoms with van der Waals surface area (Å²) in [6.07, 6.45) is 2.93. The lowest BCUT2D eigenvalue weighted by Gasteiger charge is -2.11. The predicted octanol–water partition coefficient (Wildman–Crippen LogP) is 5.11. The van der Waals surface area contributed by atoms with Crippen LogP contribution in [-0.4, -0.2) is 28.6 Å². The Morgan fingerprint density at radius 3 is 2.52 bits per heavy atom. The lowest BCUT2D eigenvalue weighted by molar-refractivity contribution is -0.121. The van der Waals surface area contributed by atoms with Gasteiger partial charge in [0.05, 0.1) is 17.6 Å². The number of fused-ring (bicyclic) bond motifs is 1. The van der Waals surface area contributed by atoms with E-state index in [9.17, 15) is 4.79 Å². The van der Waals surface area contributed by atoms with Gasteiger partial charge in [0.25, 0.3) is 0 Å². The van der Waals surface area contributed by atoms with E-state index in [0.717, 1.165) is 48.4 Å². The minimum Gasteiger partial charge on any atom is -0.492 e. The van der Waals surface area contributed by atoms with Crippen molar-refractivity contribution in [3.63, 3.8) is 0 Å². The number of carbonyl (C=O) groups is 1. The van der Waals surface area contributed by atoms with Crippen molar-refractivity contribution in [2.75, 3.05) is 13.2 Å². The molecule has 1 N–H and O–H groups in total. The first-order valence-electron chi connectivity index (χ1n) is 11.6. The second-order valence-electron chi connectivity index (χ2n) is 8.27. The Hall–Kier alpha value is -3.60. The van der Waals surface area contributed by atoms with E-state index in [4.69, 9.17) is 9.72 Å². The molecule has 0 atom stereocenters. The highest BCUT2D eigenvalue weighted by molar-refractivity contribution is 5.76. The van der Waals surface area contributed by atoms with E-state index < -0.39 is 0 Å². The number of nitrogens with zero attached hydrogens (tertiary/aromatic N) is 2. The van der Waals surface area contributed by atoms with Gasteiger partial charge in [0.15, 0.2) is 0 Å². The molecule has 1 amide bonds. The third kappa shape index (κ3) is 6.45. The van der Waals surface area contributed by atoms with E-state index in [1.807, 2.05) is 48.5 Å². The largest absolute Gasteiger partial charge is 0.492 e. The highest BCUT2D eigenvalue weighted by Crippen LogP contribution is 2.18. The van der Waals surface area contributed by atoms with E-state index in [1.165, 1.54) is 11.1 Å². The lowest BCUT2D eigenvalue weighted by Crippen LogP contribution is -2.25. The van der Waals surface area contributed by atoms with Crippen LogP contribution in [0.15, 0.2) is 78.9 Å². The average molecular weight is 442 g/mol. The van der Waals surface area contributed by atoms with Crippen molar-refractivity contribution in [3.8, 4) is 5.75 Å². The topological polar surface area (TPSA) is 56.1 Å². The number of ether oxygens (including phenoxy) is 1. The van der Waals surface area contributed by atoms with Crippen LogP contribution in [-0.2, 0) is 24.2 Å². The van der Waals surface area contributed by atoms with Crippen molar-refractivity contribution < 1.29 is 9.53 Å². The summed E-state index contributed by atoms with van der Waals surface area (Å²) in [4.78, 5) is 17.0. The van der Waals surface area contributed by atoms with Gasteiger partial charge in [0.2, 0.25) is 5.91 Å². The fraction of sp³-hybridized carbons (Fsp3) is 0.286. The van der Waals surface area contributed by atoms with Crippen LogP contribution in [0.3, 0.4) is 0 Å². The molecule has 5 heteroatoms. The molecule has 4 rings (SSSR count). The second kappa shape index (κ2) is 11.3. The quantitative estimate of drug-likeness (QED) is 0.329. The van der Waals surface area contributed by atoms with Crippen molar-refractivity contribution in [3.05, 3.63) is 95.8 Å². The minimum absolute atomic E-state index is 0.0962. The van der Waals surface area contributed by atoms with Gasteiger partial charge in [-0.25, -0.2) is 4.98 Å². The highest BCUT2D eigenvalue weighted by atomic mass is 16.5. The summed E-state index contributed by atoms with van der Waals surface area (Å²) in [7, 11) is 0. The smallest absolute Gasteiger partial charge is 0.220 e. The van der Waals surface area contributed by atoms with Gasteiger partial charge < -0.3 is 14.6 Å². The van der Waals surface area contributed by atoms with Gasteiger partial charge in [-0.15, -0.1) is 0 Å². The molecule has 0 aliphatic heterocycles. The summed E-state index contributed by atoms with van der Waals surface area (Å²) in [6, 6.07) is 26.4. The van der Waals surface area contributed by atoms with Gasteiger partial charge in [0, 0.05) is 19.4 Å². The molecule has 170 valence electrons. The monoisotopic (exact) mass is 441 g/mol. The van der Waals surface area contributed by atoms with Gasteiger partial charge in [-0.3, -0.25) is 4.79 Å². The SMILES string of the molecule is Cc1ccc(OCCn2c(CCCNC(=O)CCc3ccccc3)nc3ccccc32)cc1. The van der Waals surface area contributed by atoms with Gasteiger partial charge in [-0.1, -0.05) is 60.2 Å². The van der Waals surface area contributed by atoms with E-state index in [-0.39, 0.29) is 5.91 Å². The van der Waals surface area contributed by atoms with Crippen LogP contribution in [0.2, 0.25) is 0 Å². The third-order valence-corrected chi connectivity index (χ3v) is 5.72. The summed E-state index contributed by atoms with van der Waals surface area (Å²) < 4.78 is 8.19. The summed E-state index contributed by atoms with van der Waals surface area (Å²) >= 11 is 0. The van der Waals surface area contributed by atoms with E-state index >= 15 is 0 Å². The zero-order chi connectivity index (χ0) is 22.9. The molecule has 0 saturated heterocycles. The number of aromatic nitrogens is 2. The van der Waals surface area contributed by atoms with E-state index in [2.05, 4.69) is 47.1 Å². The van der Waals surface area contributed by atoms with Crippen LogP contribution in [0.25, 0.3) is 11.0 Å². The van der Waals surface area contributed by atoms with Crippen LogP contribution in [0.4, 0.5) is 0 Å². The molecule has 1 heterocycles. The first-order chi connectivity index (χ1) is 16.2. The number of rotatable bonds is 11. The van der Waals surface area contributed by atoms with Crippen molar-refractivity contribution in [1.29, 1.82) is 0 Å². The van der Waals surface area contributed by atoms with Crippen molar-refractivity contribution in [2.24, 2.45) is 0 Å². The summed E-state index contributed by atoms with van der Waals surface area (Å²) in [6.45, 7) is 4.02. The Balaban J connectivity index is 1.28. The minimum atomic E-state index is 0.0962. The maximum atomic E-state index is 12.2. The molecule has 0 saturated carbocycles. The van der Waals surface area contributed by atoms with Gasteiger partial charge >= 0.3 is 0 Å². The first-order valence-corrected chi connectivity index (χ1v) is 11.6. The number of benzene rings is 3. The molecule has 4 aromatic rings. The zero-order valence-electron chi connectivity index (χ0n) is 19.2. The van der Waals surface area contributed by atoms with Gasteiger partial charge in [-0.2, -0.15) is 0 Å². The number of hydrogen-bond donors (Lipinski definition) is 1. The molecule has 1 aromatic heterocycles. The molecule has 0 radical (unpaired) electrons. The Labute approximate surface area is 195 Å². The summed E-state index contributed by atoms with van der Waals surface area (Å²) in [5, 5.41) is 3.04. The van der Waals surface area contributed by atoms with E-state index in [1.54, 1.807) is 0 Å². The molecule has 33 heavy (non-hydrogen) atoms. The number of imidazole rings is 1. The van der Waals surface area contributed by atoms with Crippen LogP contribution < -0.4 is 10.1 Å². The maximum absolute atomic E-state index is 12.2. The zero-order valence-corrected chi connectivity index (χ0v) is 19.2. The predicted molar refractivity (Wildman–Crippen MR) is 133 cm³/mol. The van der Waals surface area contributed by atoms with Crippen molar-refractivity contribution in [1.82, 2.24) is 14.9 Å². The number of amides is 1. The maximum Gasteiger partial charge on any atom is 0.220 e. The van der Waals surface area contributed by atoms with Crippen LogP contribution in [0.5, 0.6) is 5.75 Å². The number of carbonyl (C=O) groups excluding carboxylic acids is 1. The Morgan fingerprint density at radius 1 is 0.939 bits per heavy atom. The standard InChI is InChI=1S/C28H31N3O2/c1-22-13-16-24(17-14-22)33-21-20-31-26-11-6-5-10-25(26)30-27(31)12-7-19-29-28(32)18-15-23-8-3-2-4-9-23/h2-6,8-11,13-14,16-17H,7,12,15,18-21H2,1H3,(H,29,32). The average Bonchev–Trinajstić information content (AvgIpc) is 3.20. The molecule has 0 bridgehead atoms. The third-order valence-electron chi connectivity index (χ3n) is 5.72. The normalized spacial score (nSPS) is 10.9. The van der Waals surface area contributed by atoms with Crippen LogP contribution >= 0.6 is 0 Å². The Bertz CT molecular complexity index is 1170. The number of hydrogen-bond acceptors (Lipinski definition) is 3.